The number of rotatable bonds is 2. The van der Waals surface area contributed by atoms with Crippen molar-refractivity contribution in [3.05, 3.63) is 69.6 Å². The molecular weight excluding hydrogens is 299 g/mol. The van der Waals surface area contributed by atoms with E-state index >= 15 is 0 Å². The summed E-state index contributed by atoms with van der Waals surface area (Å²) in [4.78, 5) is 16.2. The Morgan fingerprint density at radius 1 is 1.20 bits per heavy atom. The molecule has 3 aromatic rings. The van der Waals surface area contributed by atoms with Gasteiger partial charge >= 0.3 is 0 Å². The molecule has 0 radical (unpaired) electrons. The maximum absolute atomic E-state index is 12.3. The monoisotopic (exact) mass is 306 g/mol. The van der Waals surface area contributed by atoms with Crippen LogP contribution >= 0.6 is 23.2 Å². The molecule has 0 fully saturated rings. The van der Waals surface area contributed by atoms with Crippen molar-refractivity contribution in [2.45, 2.75) is 0 Å². The molecule has 0 atom stereocenters. The van der Waals surface area contributed by atoms with Gasteiger partial charge in [0.25, 0.3) is 5.56 Å². The summed E-state index contributed by atoms with van der Waals surface area (Å²) in [6.45, 7) is 0. The molecule has 0 spiro atoms. The number of hydrogen-bond donors (Lipinski definition) is 0. The Hall–Kier alpha value is -2.11. The first-order chi connectivity index (χ1) is 9.66. The number of hydrogen-bond acceptors (Lipinski definition) is 3. The van der Waals surface area contributed by atoms with Crippen LogP contribution in [0.25, 0.3) is 11.4 Å². The summed E-state index contributed by atoms with van der Waals surface area (Å²) in [6, 6.07) is 6.83. The number of halogens is 2. The van der Waals surface area contributed by atoms with Gasteiger partial charge in [-0.15, -0.1) is 0 Å². The molecular formula is C13H8Cl2N4O. The standard InChI is InChI=1S/C13H8Cl2N4O/c14-9-2-1-3-10(6-9)19-13(20)12(15)11(7-17-19)18-5-4-16-8-18/h1-8H. The Kier molecular flexibility index (Phi) is 3.30. The molecule has 3 rings (SSSR count). The third-order valence-corrected chi connectivity index (χ3v) is 3.33. The fraction of sp³-hybridized carbons (Fsp3) is 0. The summed E-state index contributed by atoms with van der Waals surface area (Å²) in [7, 11) is 0. The van der Waals surface area contributed by atoms with Gasteiger partial charge in [0, 0.05) is 17.4 Å². The molecule has 20 heavy (non-hydrogen) atoms. The maximum Gasteiger partial charge on any atom is 0.292 e. The van der Waals surface area contributed by atoms with Gasteiger partial charge in [0.1, 0.15) is 5.02 Å². The molecule has 0 aliphatic heterocycles. The minimum Gasteiger partial charge on any atom is -0.303 e. The Bertz CT molecular complexity index is 811. The lowest BCUT2D eigenvalue weighted by atomic mass is 10.3. The van der Waals surface area contributed by atoms with E-state index in [0.29, 0.717) is 16.4 Å². The van der Waals surface area contributed by atoms with Crippen LogP contribution in [0, 0.1) is 0 Å². The van der Waals surface area contributed by atoms with Crippen molar-refractivity contribution in [2.24, 2.45) is 0 Å². The van der Waals surface area contributed by atoms with Crippen LogP contribution in [0.3, 0.4) is 0 Å². The van der Waals surface area contributed by atoms with Gasteiger partial charge in [-0.2, -0.15) is 9.78 Å². The zero-order valence-corrected chi connectivity index (χ0v) is 11.6. The molecule has 2 heterocycles. The first kappa shape index (κ1) is 12.9. The van der Waals surface area contributed by atoms with Crippen molar-refractivity contribution in [2.75, 3.05) is 0 Å². The molecule has 0 saturated carbocycles. The van der Waals surface area contributed by atoms with Crippen LogP contribution in [-0.4, -0.2) is 19.3 Å². The summed E-state index contributed by atoms with van der Waals surface area (Å²) in [5.41, 5.74) is 0.620. The molecule has 2 aromatic heterocycles. The normalized spacial score (nSPS) is 10.7. The predicted molar refractivity (Wildman–Crippen MR) is 77.0 cm³/mol. The van der Waals surface area contributed by atoms with Crippen molar-refractivity contribution in [1.29, 1.82) is 0 Å². The van der Waals surface area contributed by atoms with Gasteiger partial charge in [-0.3, -0.25) is 4.79 Å². The number of benzene rings is 1. The fourth-order valence-electron chi connectivity index (χ4n) is 1.80. The van der Waals surface area contributed by atoms with Crippen LogP contribution in [0.4, 0.5) is 0 Å². The third kappa shape index (κ3) is 2.21. The van der Waals surface area contributed by atoms with Crippen LogP contribution in [0.15, 0.2) is 54.0 Å². The third-order valence-electron chi connectivity index (χ3n) is 2.74. The summed E-state index contributed by atoms with van der Waals surface area (Å²) < 4.78 is 2.83. The Labute approximate surface area is 124 Å². The van der Waals surface area contributed by atoms with Gasteiger partial charge in [0.2, 0.25) is 0 Å². The molecule has 7 heteroatoms. The van der Waals surface area contributed by atoms with E-state index in [9.17, 15) is 4.79 Å². The molecule has 0 saturated heterocycles. The molecule has 0 bridgehead atoms. The van der Waals surface area contributed by atoms with Crippen LogP contribution in [0.1, 0.15) is 0 Å². The topological polar surface area (TPSA) is 52.7 Å². The van der Waals surface area contributed by atoms with Gasteiger partial charge in [-0.25, -0.2) is 4.98 Å². The quantitative estimate of drug-likeness (QED) is 0.731. The maximum atomic E-state index is 12.3. The molecule has 0 N–H and O–H groups in total. The molecule has 5 nitrogen and oxygen atoms in total. The zero-order valence-electron chi connectivity index (χ0n) is 10.1. The Morgan fingerprint density at radius 3 is 2.75 bits per heavy atom. The molecule has 0 aliphatic rings. The lowest BCUT2D eigenvalue weighted by Crippen LogP contribution is -2.22. The lowest BCUT2D eigenvalue weighted by Gasteiger charge is -2.08. The van der Waals surface area contributed by atoms with E-state index in [0.717, 1.165) is 0 Å². The smallest absolute Gasteiger partial charge is 0.292 e. The number of imidazole rings is 1. The zero-order chi connectivity index (χ0) is 14.1. The average molecular weight is 307 g/mol. The highest BCUT2D eigenvalue weighted by Crippen LogP contribution is 2.17. The summed E-state index contributed by atoms with van der Waals surface area (Å²) in [5, 5.41) is 4.71. The van der Waals surface area contributed by atoms with Gasteiger partial charge in [-0.05, 0) is 18.2 Å². The minimum absolute atomic E-state index is 0.0676. The van der Waals surface area contributed by atoms with E-state index < -0.39 is 5.56 Å². The van der Waals surface area contributed by atoms with E-state index in [4.69, 9.17) is 23.2 Å². The molecule has 0 amide bonds. The van der Waals surface area contributed by atoms with E-state index in [1.807, 2.05) is 0 Å². The second-order valence-corrected chi connectivity index (χ2v) is 4.82. The number of aromatic nitrogens is 4. The van der Waals surface area contributed by atoms with E-state index in [1.165, 1.54) is 10.9 Å². The number of nitrogens with zero attached hydrogens (tertiary/aromatic N) is 4. The Morgan fingerprint density at radius 2 is 2.05 bits per heavy atom. The van der Waals surface area contributed by atoms with E-state index in [2.05, 4.69) is 10.1 Å². The van der Waals surface area contributed by atoms with Crippen molar-refractivity contribution in [1.82, 2.24) is 19.3 Å². The SMILES string of the molecule is O=c1c(Cl)c(-n2ccnc2)cnn1-c1cccc(Cl)c1. The first-order valence-corrected chi connectivity index (χ1v) is 6.44. The summed E-state index contributed by atoms with van der Waals surface area (Å²) in [5.74, 6) is 0. The van der Waals surface area contributed by atoms with Crippen molar-refractivity contribution in [3.63, 3.8) is 0 Å². The fourth-order valence-corrected chi connectivity index (χ4v) is 2.21. The largest absolute Gasteiger partial charge is 0.303 e. The van der Waals surface area contributed by atoms with Crippen LogP contribution in [0.5, 0.6) is 0 Å². The Balaban J connectivity index is 2.17. The molecule has 0 unspecified atom stereocenters. The van der Waals surface area contributed by atoms with Crippen molar-refractivity contribution < 1.29 is 0 Å². The molecule has 1 aromatic carbocycles. The highest BCUT2D eigenvalue weighted by molar-refractivity contribution is 6.32. The van der Waals surface area contributed by atoms with Crippen LogP contribution in [0.2, 0.25) is 10.0 Å². The summed E-state index contributed by atoms with van der Waals surface area (Å²) >= 11 is 12.0. The van der Waals surface area contributed by atoms with Crippen LogP contribution < -0.4 is 5.56 Å². The minimum atomic E-state index is -0.417. The van der Waals surface area contributed by atoms with Gasteiger partial charge in [0.05, 0.1) is 23.9 Å². The highest BCUT2D eigenvalue weighted by Gasteiger charge is 2.11. The predicted octanol–water partition coefficient (Wildman–Crippen LogP) is 2.73. The second-order valence-electron chi connectivity index (χ2n) is 4.01. The van der Waals surface area contributed by atoms with Gasteiger partial charge < -0.3 is 4.57 Å². The lowest BCUT2D eigenvalue weighted by molar-refractivity contribution is 0.796. The van der Waals surface area contributed by atoms with Crippen molar-refractivity contribution in [3.8, 4) is 11.4 Å². The van der Waals surface area contributed by atoms with E-state index in [-0.39, 0.29) is 5.02 Å². The molecule has 100 valence electrons. The molecule has 0 aliphatic carbocycles. The summed E-state index contributed by atoms with van der Waals surface area (Å²) in [6.07, 6.45) is 6.34. The van der Waals surface area contributed by atoms with Gasteiger partial charge in [0.15, 0.2) is 0 Å². The van der Waals surface area contributed by atoms with Crippen molar-refractivity contribution >= 4 is 23.2 Å². The average Bonchev–Trinajstić information content (AvgIpc) is 2.95. The highest BCUT2D eigenvalue weighted by atomic mass is 35.5. The van der Waals surface area contributed by atoms with Gasteiger partial charge in [-0.1, -0.05) is 29.3 Å². The second kappa shape index (κ2) is 5.11. The van der Waals surface area contributed by atoms with E-state index in [1.54, 1.807) is 47.6 Å². The van der Waals surface area contributed by atoms with Crippen LogP contribution in [-0.2, 0) is 0 Å². The first-order valence-electron chi connectivity index (χ1n) is 5.69.